The molecule has 6 heteroatoms. The van der Waals surface area contributed by atoms with Crippen molar-refractivity contribution in [2.45, 2.75) is 37.8 Å². The topological polar surface area (TPSA) is 63.3 Å². The predicted octanol–water partition coefficient (Wildman–Crippen LogP) is 3.65. The van der Waals surface area contributed by atoms with Crippen molar-refractivity contribution in [1.82, 2.24) is 0 Å². The Morgan fingerprint density at radius 3 is 2.50 bits per heavy atom. The highest BCUT2D eigenvalue weighted by Crippen LogP contribution is 2.41. The van der Waals surface area contributed by atoms with Crippen LogP contribution >= 0.6 is 0 Å². The molecule has 0 radical (unpaired) electrons. The van der Waals surface area contributed by atoms with E-state index in [0.29, 0.717) is 6.42 Å². The maximum atomic E-state index is 12.8. The van der Waals surface area contributed by atoms with Crippen molar-refractivity contribution in [1.29, 1.82) is 0 Å². The number of nitrogens with two attached hydrogens (primary N) is 1. The molecule has 0 saturated heterocycles. The maximum Gasteiger partial charge on any atom is 0.418 e. The van der Waals surface area contributed by atoms with Crippen LogP contribution in [-0.4, -0.2) is 11.1 Å². The molecule has 0 heterocycles. The number of para-hydroxylation sites is 1. The van der Waals surface area contributed by atoms with Crippen LogP contribution in [0.2, 0.25) is 0 Å². The Labute approximate surface area is 114 Å². The summed E-state index contributed by atoms with van der Waals surface area (Å²) in [6.07, 6.45) is -1.30. The highest BCUT2D eigenvalue weighted by molar-refractivity contribution is 5.79. The number of alkyl halides is 3. The summed E-state index contributed by atoms with van der Waals surface area (Å²) >= 11 is 0. The van der Waals surface area contributed by atoms with Gasteiger partial charge < -0.3 is 10.8 Å². The van der Waals surface area contributed by atoms with Crippen molar-refractivity contribution in [2.75, 3.05) is 5.73 Å². The molecule has 110 valence electrons. The van der Waals surface area contributed by atoms with Crippen LogP contribution in [0.4, 0.5) is 18.9 Å². The lowest BCUT2D eigenvalue weighted by atomic mass is 9.77. The highest BCUT2D eigenvalue weighted by Gasteiger charge is 2.36. The van der Waals surface area contributed by atoms with Gasteiger partial charge in [-0.1, -0.05) is 31.4 Å². The number of hydrogen-bond acceptors (Lipinski definition) is 2. The van der Waals surface area contributed by atoms with E-state index in [9.17, 15) is 23.1 Å². The van der Waals surface area contributed by atoms with Gasteiger partial charge >= 0.3 is 12.1 Å². The minimum atomic E-state index is -4.57. The minimum absolute atomic E-state index is 0.0687. The van der Waals surface area contributed by atoms with Gasteiger partial charge in [0.05, 0.1) is 11.5 Å². The van der Waals surface area contributed by atoms with Crippen LogP contribution in [0.3, 0.4) is 0 Å². The lowest BCUT2D eigenvalue weighted by Crippen LogP contribution is -2.22. The number of carbonyl (C=O) groups is 1. The fraction of sp³-hybridized carbons (Fsp3) is 0.500. The van der Waals surface area contributed by atoms with Gasteiger partial charge in [-0.05, 0) is 24.0 Å². The smallest absolute Gasteiger partial charge is 0.418 e. The van der Waals surface area contributed by atoms with Gasteiger partial charge in [0.25, 0.3) is 0 Å². The van der Waals surface area contributed by atoms with Crippen LogP contribution in [0.25, 0.3) is 0 Å². The van der Waals surface area contributed by atoms with Crippen LogP contribution in [0.5, 0.6) is 0 Å². The first-order valence-electron chi connectivity index (χ1n) is 6.49. The van der Waals surface area contributed by atoms with Gasteiger partial charge in [0, 0.05) is 5.69 Å². The van der Waals surface area contributed by atoms with Crippen LogP contribution in [0.1, 0.15) is 42.7 Å². The average Bonchev–Trinajstić information content (AvgIpc) is 2.27. The van der Waals surface area contributed by atoms with Crippen molar-refractivity contribution in [3.05, 3.63) is 29.3 Å². The van der Waals surface area contributed by atoms with Gasteiger partial charge in [0.2, 0.25) is 0 Å². The molecule has 0 amide bonds. The fourth-order valence-corrected chi connectivity index (χ4v) is 2.56. The summed E-state index contributed by atoms with van der Waals surface area (Å²) in [5, 5.41) is 9.28. The Morgan fingerprint density at radius 1 is 1.40 bits per heavy atom. The molecule has 20 heavy (non-hydrogen) atoms. The largest absolute Gasteiger partial charge is 0.481 e. The van der Waals surface area contributed by atoms with Crippen LogP contribution < -0.4 is 5.73 Å². The number of nitrogen functional groups attached to an aromatic ring is 1. The first-order chi connectivity index (χ1) is 9.30. The van der Waals surface area contributed by atoms with Gasteiger partial charge in [-0.2, -0.15) is 13.2 Å². The van der Waals surface area contributed by atoms with Crippen molar-refractivity contribution in [2.24, 2.45) is 5.92 Å². The number of aliphatic carboxylic acids is 1. The summed E-state index contributed by atoms with van der Waals surface area (Å²) in [5.41, 5.74) is 4.20. The van der Waals surface area contributed by atoms with E-state index in [0.717, 1.165) is 25.3 Å². The Bertz CT molecular complexity index is 510. The third-order valence-corrected chi connectivity index (χ3v) is 3.91. The second-order valence-electron chi connectivity index (χ2n) is 5.23. The number of rotatable bonds is 4. The second-order valence-corrected chi connectivity index (χ2v) is 5.23. The third kappa shape index (κ3) is 2.89. The molecular formula is C14H16F3NO2. The van der Waals surface area contributed by atoms with Crippen LogP contribution in [-0.2, 0) is 11.0 Å². The number of carboxylic acid groups (broad SMARTS) is 1. The average molecular weight is 287 g/mol. The number of hydrogen-bond donors (Lipinski definition) is 2. The van der Waals surface area contributed by atoms with Gasteiger partial charge in [-0.25, -0.2) is 0 Å². The summed E-state index contributed by atoms with van der Waals surface area (Å²) in [5.74, 6) is -1.82. The van der Waals surface area contributed by atoms with E-state index in [4.69, 9.17) is 5.73 Å². The third-order valence-electron chi connectivity index (χ3n) is 3.91. The summed E-state index contributed by atoms with van der Waals surface area (Å²) in [7, 11) is 0. The van der Waals surface area contributed by atoms with E-state index in [-0.39, 0.29) is 11.5 Å². The standard InChI is InChI=1S/C14H16F3NO2/c15-14(16,17)11-6-2-5-9(12(11)18)10(13(19)20)7-8-3-1-4-8/h2,5-6,8,10H,1,3-4,7,18H2,(H,19,20). The molecule has 1 aromatic rings. The molecule has 0 aliphatic heterocycles. The fourth-order valence-electron chi connectivity index (χ4n) is 2.56. The molecule has 3 nitrogen and oxygen atoms in total. The van der Waals surface area contributed by atoms with Gasteiger partial charge in [-0.15, -0.1) is 0 Å². The molecule has 0 spiro atoms. The zero-order chi connectivity index (χ0) is 14.9. The molecule has 1 aromatic carbocycles. The number of anilines is 1. The van der Waals surface area contributed by atoms with Gasteiger partial charge in [0.1, 0.15) is 0 Å². The first kappa shape index (κ1) is 14.7. The molecule has 1 aliphatic carbocycles. The lowest BCUT2D eigenvalue weighted by Gasteiger charge is -2.29. The van der Waals surface area contributed by atoms with Crippen molar-refractivity contribution in [3.63, 3.8) is 0 Å². The quantitative estimate of drug-likeness (QED) is 0.831. The van der Waals surface area contributed by atoms with Gasteiger partial charge in [0.15, 0.2) is 0 Å². The minimum Gasteiger partial charge on any atom is -0.481 e. The Hall–Kier alpha value is -1.72. The number of benzene rings is 1. The summed E-state index contributed by atoms with van der Waals surface area (Å²) in [6.45, 7) is 0. The number of halogens is 3. The normalized spacial score (nSPS) is 17.6. The maximum absolute atomic E-state index is 12.8. The first-order valence-corrected chi connectivity index (χ1v) is 6.49. The summed E-state index contributed by atoms with van der Waals surface area (Å²) < 4.78 is 38.4. The molecule has 1 unspecified atom stereocenters. The summed E-state index contributed by atoms with van der Waals surface area (Å²) in [4.78, 5) is 11.4. The van der Waals surface area contributed by atoms with E-state index in [1.807, 2.05) is 0 Å². The van der Waals surface area contributed by atoms with E-state index in [1.165, 1.54) is 12.1 Å². The molecule has 3 N–H and O–H groups in total. The highest BCUT2D eigenvalue weighted by atomic mass is 19.4. The molecule has 1 saturated carbocycles. The Morgan fingerprint density at radius 2 is 2.05 bits per heavy atom. The second kappa shape index (κ2) is 5.34. The van der Waals surface area contributed by atoms with Crippen molar-refractivity contribution in [3.8, 4) is 0 Å². The SMILES string of the molecule is Nc1c(C(CC2CCC2)C(=O)O)cccc1C(F)(F)F. The van der Waals surface area contributed by atoms with Crippen LogP contribution in [0, 0.1) is 5.92 Å². The predicted molar refractivity (Wildman–Crippen MR) is 68.2 cm³/mol. The van der Waals surface area contributed by atoms with E-state index < -0.39 is 29.3 Å². The molecule has 1 aliphatic rings. The molecule has 1 atom stereocenters. The van der Waals surface area contributed by atoms with Crippen molar-refractivity contribution >= 4 is 11.7 Å². The molecule has 2 rings (SSSR count). The molecule has 1 fully saturated rings. The lowest BCUT2D eigenvalue weighted by molar-refractivity contribution is -0.140. The van der Waals surface area contributed by atoms with E-state index >= 15 is 0 Å². The van der Waals surface area contributed by atoms with E-state index in [1.54, 1.807) is 0 Å². The zero-order valence-electron chi connectivity index (χ0n) is 10.8. The monoisotopic (exact) mass is 287 g/mol. The molecule has 0 aromatic heterocycles. The molecule has 0 bridgehead atoms. The number of carboxylic acids is 1. The zero-order valence-corrected chi connectivity index (χ0v) is 10.8. The van der Waals surface area contributed by atoms with E-state index in [2.05, 4.69) is 0 Å². The summed E-state index contributed by atoms with van der Waals surface area (Å²) in [6, 6.07) is 3.47. The van der Waals surface area contributed by atoms with Crippen molar-refractivity contribution < 1.29 is 23.1 Å². The molecular weight excluding hydrogens is 271 g/mol. The Balaban J connectivity index is 2.35. The van der Waals surface area contributed by atoms with Crippen LogP contribution in [0.15, 0.2) is 18.2 Å². The Kier molecular flexibility index (Phi) is 3.92. The van der Waals surface area contributed by atoms with Gasteiger partial charge in [-0.3, -0.25) is 4.79 Å².